The molecule has 1 aliphatic carbocycles. The van der Waals surface area contributed by atoms with Crippen LogP contribution in [0.5, 0.6) is 0 Å². The zero-order chi connectivity index (χ0) is 13.5. The number of ether oxygens (including phenoxy) is 1. The Morgan fingerprint density at radius 3 is 3.05 bits per heavy atom. The molecule has 1 aromatic heterocycles. The zero-order valence-corrected chi connectivity index (χ0v) is 12.0. The number of thioether (sulfide) groups is 1. The molecule has 2 rings (SSSR count). The third kappa shape index (κ3) is 5.20. The average Bonchev–Trinajstić information content (AvgIpc) is 3.23. The van der Waals surface area contributed by atoms with E-state index in [1.54, 1.807) is 18.0 Å². The van der Waals surface area contributed by atoms with Crippen molar-refractivity contribution in [2.24, 2.45) is 0 Å². The van der Waals surface area contributed by atoms with Gasteiger partial charge in [-0.1, -0.05) is 6.07 Å². The first-order valence-electron chi connectivity index (χ1n) is 6.76. The highest BCUT2D eigenvalue weighted by Crippen LogP contribution is 2.22. The highest BCUT2D eigenvalue weighted by molar-refractivity contribution is 7.99. The predicted octanol–water partition coefficient (Wildman–Crippen LogP) is 2.25. The molecule has 1 heterocycles. The van der Waals surface area contributed by atoms with Crippen molar-refractivity contribution in [1.29, 1.82) is 0 Å². The van der Waals surface area contributed by atoms with Gasteiger partial charge in [-0.2, -0.15) is 0 Å². The van der Waals surface area contributed by atoms with Crippen LogP contribution in [0.3, 0.4) is 0 Å². The smallest absolute Gasteiger partial charge is 0.323 e. The minimum absolute atomic E-state index is 0.129. The van der Waals surface area contributed by atoms with Gasteiger partial charge in [0.25, 0.3) is 0 Å². The molecule has 19 heavy (non-hydrogen) atoms. The molecule has 0 amide bonds. The number of hydrogen-bond acceptors (Lipinski definition) is 5. The lowest BCUT2D eigenvalue weighted by Gasteiger charge is -2.16. The summed E-state index contributed by atoms with van der Waals surface area (Å²) in [6, 6.07) is 6.19. The van der Waals surface area contributed by atoms with Crippen LogP contribution in [0.15, 0.2) is 29.4 Å². The lowest BCUT2D eigenvalue weighted by Crippen LogP contribution is -2.39. The van der Waals surface area contributed by atoms with Gasteiger partial charge in [0.1, 0.15) is 6.04 Å². The quantitative estimate of drug-likeness (QED) is 0.584. The van der Waals surface area contributed by atoms with E-state index in [2.05, 4.69) is 10.3 Å². The van der Waals surface area contributed by atoms with Crippen LogP contribution < -0.4 is 5.32 Å². The summed E-state index contributed by atoms with van der Waals surface area (Å²) in [4.78, 5) is 16.1. The van der Waals surface area contributed by atoms with Crippen molar-refractivity contribution < 1.29 is 9.53 Å². The molecular formula is C14H20N2O2S. The Kier molecular flexibility index (Phi) is 5.66. The summed E-state index contributed by atoms with van der Waals surface area (Å²) in [7, 11) is 0. The molecule has 0 spiro atoms. The molecule has 1 N–H and O–H groups in total. The first-order valence-corrected chi connectivity index (χ1v) is 7.74. The topological polar surface area (TPSA) is 51.2 Å². The van der Waals surface area contributed by atoms with Gasteiger partial charge in [0.2, 0.25) is 0 Å². The second kappa shape index (κ2) is 7.50. The van der Waals surface area contributed by atoms with Gasteiger partial charge in [-0.15, -0.1) is 11.8 Å². The molecule has 0 aliphatic heterocycles. The van der Waals surface area contributed by atoms with Gasteiger partial charge in [0.15, 0.2) is 0 Å². The standard InChI is InChI=1S/C14H20N2O2S/c1-2-18-14(17)12(16-11-6-7-11)8-10-19-13-5-3-4-9-15-13/h3-5,9,11-12,16H,2,6-8,10H2,1H3. The Hall–Kier alpha value is -1.07. The Morgan fingerprint density at radius 2 is 2.42 bits per heavy atom. The van der Waals surface area contributed by atoms with Gasteiger partial charge in [-0.05, 0) is 38.3 Å². The summed E-state index contributed by atoms with van der Waals surface area (Å²) < 4.78 is 5.11. The van der Waals surface area contributed by atoms with Gasteiger partial charge in [-0.25, -0.2) is 4.98 Å². The Bertz CT molecular complexity index is 396. The largest absolute Gasteiger partial charge is 0.465 e. The van der Waals surface area contributed by atoms with Crippen LogP contribution in [-0.2, 0) is 9.53 Å². The highest BCUT2D eigenvalue weighted by atomic mass is 32.2. The third-order valence-corrected chi connectivity index (χ3v) is 3.86. The van der Waals surface area contributed by atoms with Crippen LogP contribution in [0.2, 0.25) is 0 Å². The number of carbonyl (C=O) groups is 1. The summed E-state index contributed by atoms with van der Waals surface area (Å²) in [5.74, 6) is 0.733. The maximum absolute atomic E-state index is 11.8. The lowest BCUT2D eigenvalue weighted by molar-refractivity contribution is -0.145. The number of carbonyl (C=O) groups excluding carboxylic acids is 1. The van der Waals surface area contributed by atoms with E-state index >= 15 is 0 Å². The van der Waals surface area contributed by atoms with Crippen molar-refractivity contribution in [2.75, 3.05) is 12.4 Å². The molecule has 5 heteroatoms. The molecule has 1 aromatic rings. The SMILES string of the molecule is CCOC(=O)C(CCSc1ccccn1)NC1CC1. The Labute approximate surface area is 118 Å². The summed E-state index contributed by atoms with van der Waals surface area (Å²) in [5.41, 5.74) is 0. The van der Waals surface area contributed by atoms with Crippen LogP contribution in [0.4, 0.5) is 0 Å². The van der Waals surface area contributed by atoms with Gasteiger partial charge < -0.3 is 10.1 Å². The van der Waals surface area contributed by atoms with E-state index in [4.69, 9.17) is 4.74 Å². The second-order valence-electron chi connectivity index (χ2n) is 4.55. The molecule has 4 nitrogen and oxygen atoms in total. The molecule has 1 atom stereocenters. The number of aromatic nitrogens is 1. The van der Waals surface area contributed by atoms with Crippen LogP contribution in [0, 0.1) is 0 Å². The first-order chi connectivity index (χ1) is 9.29. The van der Waals surface area contributed by atoms with E-state index < -0.39 is 0 Å². The normalized spacial score (nSPS) is 16.1. The van der Waals surface area contributed by atoms with Gasteiger partial charge in [0, 0.05) is 18.0 Å². The summed E-state index contributed by atoms with van der Waals surface area (Å²) in [5, 5.41) is 4.35. The van der Waals surface area contributed by atoms with E-state index in [0.29, 0.717) is 12.6 Å². The molecule has 1 unspecified atom stereocenters. The molecule has 0 aromatic carbocycles. The third-order valence-electron chi connectivity index (χ3n) is 2.88. The van der Waals surface area contributed by atoms with E-state index in [9.17, 15) is 4.79 Å². The van der Waals surface area contributed by atoms with Crippen LogP contribution in [-0.4, -0.2) is 35.4 Å². The van der Waals surface area contributed by atoms with Crippen molar-refractivity contribution in [1.82, 2.24) is 10.3 Å². The maximum Gasteiger partial charge on any atom is 0.323 e. The zero-order valence-electron chi connectivity index (χ0n) is 11.2. The molecule has 1 saturated carbocycles. The number of hydrogen-bond donors (Lipinski definition) is 1. The number of pyridine rings is 1. The van der Waals surface area contributed by atoms with E-state index in [1.165, 1.54) is 12.8 Å². The summed E-state index contributed by atoms with van der Waals surface area (Å²) >= 11 is 1.67. The lowest BCUT2D eigenvalue weighted by atomic mass is 10.2. The molecular weight excluding hydrogens is 260 g/mol. The molecule has 0 saturated heterocycles. The minimum atomic E-state index is -0.177. The van der Waals surface area contributed by atoms with Gasteiger partial charge in [-0.3, -0.25) is 4.79 Å². The van der Waals surface area contributed by atoms with Gasteiger partial charge >= 0.3 is 5.97 Å². The van der Waals surface area contributed by atoms with Crippen molar-refractivity contribution in [2.45, 2.75) is 43.3 Å². The second-order valence-corrected chi connectivity index (χ2v) is 5.67. The van der Waals surface area contributed by atoms with Crippen LogP contribution in [0.25, 0.3) is 0 Å². The fourth-order valence-electron chi connectivity index (χ4n) is 1.76. The van der Waals surface area contributed by atoms with Crippen LogP contribution in [0.1, 0.15) is 26.2 Å². The fourth-order valence-corrected chi connectivity index (χ4v) is 2.63. The monoisotopic (exact) mass is 280 g/mol. The van der Waals surface area contributed by atoms with E-state index in [-0.39, 0.29) is 12.0 Å². The summed E-state index contributed by atoms with van der Waals surface area (Å²) in [6.45, 7) is 2.28. The predicted molar refractivity (Wildman–Crippen MR) is 76.2 cm³/mol. The maximum atomic E-state index is 11.8. The van der Waals surface area contributed by atoms with Crippen molar-refractivity contribution >= 4 is 17.7 Å². The highest BCUT2D eigenvalue weighted by Gasteiger charge is 2.28. The number of esters is 1. The Balaban J connectivity index is 1.76. The fraction of sp³-hybridized carbons (Fsp3) is 0.571. The Morgan fingerprint density at radius 1 is 1.58 bits per heavy atom. The minimum Gasteiger partial charge on any atom is -0.465 e. The van der Waals surface area contributed by atoms with E-state index in [1.807, 2.05) is 25.1 Å². The molecule has 0 bridgehead atoms. The number of nitrogens with one attached hydrogen (secondary N) is 1. The first kappa shape index (κ1) is 14.3. The number of nitrogens with zero attached hydrogens (tertiary/aromatic N) is 1. The summed E-state index contributed by atoms with van der Waals surface area (Å²) in [6.07, 6.45) is 4.90. The van der Waals surface area contributed by atoms with E-state index in [0.717, 1.165) is 17.2 Å². The molecule has 0 radical (unpaired) electrons. The van der Waals surface area contributed by atoms with Crippen LogP contribution >= 0.6 is 11.8 Å². The molecule has 104 valence electrons. The average molecular weight is 280 g/mol. The molecule has 1 aliphatic rings. The number of rotatable bonds is 8. The van der Waals surface area contributed by atoms with Gasteiger partial charge in [0.05, 0.1) is 11.6 Å². The van der Waals surface area contributed by atoms with Crippen molar-refractivity contribution in [3.63, 3.8) is 0 Å². The van der Waals surface area contributed by atoms with Crippen molar-refractivity contribution in [3.8, 4) is 0 Å². The van der Waals surface area contributed by atoms with Crippen molar-refractivity contribution in [3.05, 3.63) is 24.4 Å². The molecule has 1 fully saturated rings.